The molecule has 2 rings (SSSR count). The first kappa shape index (κ1) is 25.2. The van der Waals surface area contributed by atoms with Crippen LogP contribution in [0.1, 0.15) is 38.7 Å². The highest BCUT2D eigenvalue weighted by Crippen LogP contribution is 2.27. The van der Waals surface area contributed by atoms with Crippen LogP contribution in [0.5, 0.6) is 5.75 Å². The molecule has 2 amide bonds. The number of carbonyl (C=O) groups is 2. The summed E-state index contributed by atoms with van der Waals surface area (Å²) < 4.78 is 29.6. The smallest absolute Gasteiger partial charge is 0.407 e. The average molecular weight is 422 g/mol. The van der Waals surface area contributed by atoms with Gasteiger partial charge in [-0.3, -0.25) is 4.79 Å². The highest BCUT2D eigenvalue weighted by Gasteiger charge is 2.24. The van der Waals surface area contributed by atoms with E-state index in [9.17, 15) is 14.0 Å². The van der Waals surface area contributed by atoms with Crippen LogP contribution in [0.15, 0.2) is 18.2 Å². The largest absolute Gasteiger partial charge is 0.491 e. The molecule has 166 valence electrons. The Bertz CT molecular complexity index is 705. The lowest BCUT2D eigenvalue weighted by Gasteiger charge is -2.14. The molecular formula is C22H31FN2O5. The Labute approximate surface area is 177 Å². The van der Waals surface area contributed by atoms with E-state index in [0.29, 0.717) is 45.0 Å². The zero-order valence-electron chi connectivity index (χ0n) is 17.9. The molecule has 1 aromatic rings. The predicted molar refractivity (Wildman–Crippen MR) is 112 cm³/mol. The van der Waals surface area contributed by atoms with Gasteiger partial charge in [0.05, 0.1) is 19.8 Å². The van der Waals surface area contributed by atoms with Gasteiger partial charge in [-0.2, -0.15) is 0 Å². The standard InChI is InChI=1S/C19H27FN2O5.C3H4/c1-14(2)17-4-3-15(20)11-18(17)26-10-9-25-8-6-21-19(24)27-16-5-7-22(12-16)13-23;1-3-2/h3-4,11,13-14,16H,5-10,12H2,1-2H3,(H,21,24);1H,2H3. The molecule has 1 heterocycles. The molecule has 0 aromatic heterocycles. The number of likely N-dealkylation sites (tertiary alicyclic amines) is 1. The van der Waals surface area contributed by atoms with Gasteiger partial charge in [0.2, 0.25) is 6.41 Å². The normalized spacial score (nSPS) is 15.1. The first-order valence-corrected chi connectivity index (χ1v) is 9.92. The third-order valence-electron chi connectivity index (χ3n) is 4.20. The second-order valence-corrected chi connectivity index (χ2v) is 6.93. The van der Waals surface area contributed by atoms with Crippen LogP contribution in [0.4, 0.5) is 9.18 Å². The molecule has 0 saturated carbocycles. The van der Waals surface area contributed by atoms with Crippen LogP contribution < -0.4 is 10.1 Å². The van der Waals surface area contributed by atoms with E-state index in [-0.39, 0.29) is 24.4 Å². The maximum atomic E-state index is 13.4. The summed E-state index contributed by atoms with van der Waals surface area (Å²) in [6.45, 7) is 7.95. The van der Waals surface area contributed by atoms with Crippen molar-refractivity contribution in [2.75, 3.05) is 39.5 Å². The number of benzene rings is 1. The van der Waals surface area contributed by atoms with E-state index in [1.165, 1.54) is 12.1 Å². The van der Waals surface area contributed by atoms with Crippen LogP contribution in [-0.4, -0.2) is 63.0 Å². The summed E-state index contributed by atoms with van der Waals surface area (Å²) in [4.78, 5) is 23.8. The summed E-state index contributed by atoms with van der Waals surface area (Å²) in [6.07, 6.45) is 5.23. The molecule has 8 heteroatoms. The zero-order valence-corrected chi connectivity index (χ0v) is 17.9. The van der Waals surface area contributed by atoms with Gasteiger partial charge in [0.1, 0.15) is 24.3 Å². The fourth-order valence-electron chi connectivity index (χ4n) is 2.79. The number of amides is 2. The van der Waals surface area contributed by atoms with E-state index >= 15 is 0 Å². The Hall–Kier alpha value is -2.79. The molecule has 0 bridgehead atoms. The SMILES string of the molecule is C#CC.CC(C)c1ccc(F)cc1OCCOCCNC(=O)OC1CCN(C=O)C1. The van der Waals surface area contributed by atoms with Gasteiger partial charge in [-0.1, -0.05) is 19.9 Å². The molecule has 0 spiro atoms. The molecule has 7 nitrogen and oxygen atoms in total. The first-order valence-electron chi connectivity index (χ1n) is 9.92. The molecule has 1 aliphatic heterocycles. The van der Waals surface area contributed by atoms with E-state index in [0.717, 1.165) is 12.0 Å². The van der Waals surface area contributed by atoms with Gasteiger partial charge in [-0.25, -0.2) is 9.18 Å². The summed E-state index contributed by atoms with van der Waals surface area (Å²) in [5.74, 6) is 2.67. The van der Waals surface area contributed by atoms with Crippen LogP contribution >= 0.6 is 0 Å². The monoisotopic (exact) mass is 422 g/mol. The molecule has 1 N–H and O–H groups in total. The van der Waals surface area contributed by atoms with Gasteiger partial charge in [0.15, 0.2) is 0 Å². The van der Waals surface area contributed by atoms with Crippen LogP contribution in [-0.2, 0) is 14.3 Å². The summed E-state index contributed by atoms with van der Waals surface area (Å²) in [5.41, 5.74) is 0.945. The molecule has 0 aliphatic carbocycles. The summed E-state index contributed by atoms with van der Waals surface area (Å²) in [5, 5.41) is 2.60. The number of hydrogen-bond donors (Lipinski definition) is 1. The average Bonchev–Trinajstić information content (AvgIpc) is 3.15. The van der Waals surface area contributed by atoms with Crippen molar-refractivity contribution in [3.05, 3.63) is 29.6 Å². The maximum absolute atomic E-state index is 13.4. The minimum atomic E-state index is -0.520. The van der Waals surface area contributed by atoms with E-state index in [1.54, 1.807) is 17.9 Å². The molecular weight excluding hydrogens is 391 g/mol. The number of terminal acetylenes is 1. The second-order valence-electron chi connectivity index (χ2n) is 6.93. The van der Waals surface area contributed by atoms with Crippen molar-refractivity contribution in [1.29, 1.82) is 0 Å². The van der Waals surface area contributed by atoms with Crippen molar-refractivity contribution in [3.63, 3.8) is 0 Å². The predicted octanol–water partition coefficient (Wildman–Crippen LogP) is 2.94. The van der Waals surface area contributed by atoms with Crippen LogP contribution in [0, 0.1) is 18.2 Å². The summed E-state index contributed by atoms with van der Waals surface area (Å²) >= 11 is 0. The van der Waals surface area contributed by atoms with Crippen molar-refractivity contribution in [3.8, 4) is 18.1 Å². The second kappa shape index (κ2) is 14.2. The first-order chi connectivity index (χ1) is 14.4. The topological polar surface area (TPSA) is 77.1 Å². The number of nitrogens with zero attached hydrogens (tertiary/aromatic N) is 1. The lowest BCUT2D eigenvalue weighted by molar-refractivity contribution is -0.117. The van der Waals surface area contributed by atoms with Crippen molar-refractivity contribution >= 4 is 12.5 Å². The highest BCUT2D eigenvalue weighted by atomic mass is 19.1. The lowest BCUT2D eigenvalue weighted by atomic mass is 10.0. The van der Waals surface area contributed by atoms with Gasteiger partial charge < -0.3 is 24.4 Å². The number of nitrogens with one attached hydrogen (secondary N) is 1. The van der Waals surface area contributed by atoms with Gasteiger partial charge in [-0.15, -0.1) is 12.3 Å². The fraction of sp³-hybridized carbons (Fsp3) is 0.545. The number of alkyl carbamates (subject to hydrolysis) is 1. The highest BCUT2D eigenvalue weighted by molar-refractivity contribution is 5.67. The van der Waals surface area contributed by atoms with E-state index in [4.69, 9.17) is 14.2 Å². The lowest BCUT2D eigenvalue weighted by Crippen LogP contribution is -2.32. The number of rotatable bonds is 10. The maximum Gasteiger partial charge on any atom is 0.407 e. The third-order valence-corrected chi connectivity index (χ3v) is 4.20. The molecule has 1 aliphatic rings. The Morgan fingerprint density at radius 3 is 2.77 bits per heavy atom. The Balaban J connectivity index is 0.00000141. The van der Waals surface area contributed by atoms with Crippen molar-refractivity contribution in [2.45, 2.75) is 39.2 Å². The zero-order chi connectivity index (χ0) is 22.4. The fourth-order valence-corrected chi connectivity index (χ4v) is 2.79. The molecule has 1 unspecified atom stereocenters. The van der Waals surface area contributed by atoms with Crippen molar-refractivity contribution < 1.29 is 28.2 Å². The Morgan fingerprint density at radius 1 is 1.40 bits per heavy atom. The Kier molecular flexibility index (Phi) is 12.0. The molecule has 1 atom stereocenters. The molecule has 1 aromatic carbocycles. The minimum absolute atomic E-state index is 0.232. The van der Waals surface area contributed by atoms with E-state index in [1.807, 2.05) is 13.8 Å². The van der Waals surface area contributed by atoms with Crippen LogP contribution in [0.2, 0.25) is 0 Å². The number of hydrogen-bond acceptors (Lipinski definition) is 5. The van der Waals surface area contributed by atoms with Gasteiger partial charge in [-0.05, 0) is 24.5 Å². The number of carbonyl (C=O) groups excluding carboxylic acids is 2. The summed E-state index contributed by atoms with van der Waals surface area (Å²) in [6, 6.07) is 4.53. The number of ether oxygens (including phenoxy) is 3. The molecule has 0 radical (unpaired) electrons. The van der Waals surface area contributed by atoms with E-state index < -0.39 is 6.09 Å². The molecule has 1 saturated heterocycles. The van der Waals surface area contributed by atoms with Gasteiger partial charge >= 0.3 is 6.09 Å². The van der Waals surface area contributed by atoms with Gasteiger partial charge in [0, 0.05) is 25.6 Å². The number of halogens is 1. The van der Waals surface area contributed by atoms with E-state index in [2.05, 4.69) is 17.7 Å². The van der Waals surface area contributed by atoms with Crippen LogP contribution in [0.25, 0.3) is 0 Å². The van der Waals surface area contributed by atoms with Crippen LogP contribution in [0.3, 0.4) is 0 Å². The quantitative estimate of drug-likeness (QED) is 0.356. The molecule has 30 heavy (non-hydrogen) atoms. The minimum Gasteiger partial charge on any atom is -0.491 e. The third kappa shape index (κ3) is 9.61. The molecule has 1 fully saturated rings. The van der Waals surface area contributed by atoms with Crippen molar-refractivity contribution in [1.82, 2.24) is 10.2 Å². The van der Waals surface area contributed by atoms with Crippen molar-refractivity contribution in [2.24, 2.45) is 0 Å². The Morgan fingerprint density at radius 2 is 2.13 bits per heavy atom. The summed E-state index contributed by atoms with van der Waals surface area (Å²) in [7, 11) is 0. The van der Waals surface area contributed by atoms with Gasteiger partial charge in [0.25, 0.3) is 0 Å².